The van der Waals surface area contributed by atoms with Crippen LogP contribution in [0.2, 0.25) is 0 Å². The molecule has 1 atom stereocenters. The molecule has 2 rings (SSSR count). The molecule has 0 bridgehead atoms. The van der Waals surface area contributed by atoms with Crippen molar-refractivity contribution >= 4 is 5.97 Å². The molecule has 0 amide bonds. The molecule has 0 heterocycles. The van der Waals surface area contributed by atoms with Crippen LogP contribution in [0, 0.1) is 5.82 Å². The number of carbonyl (C=O) groups excluding carboxylic acids is 1. The third-order valence-corrected chi connectivity index (χ3v) is 3.45. The Morgan fingerprint density at radius 3 is 2.36 bits per heavy atom. The highest BCUT2D eigenvalue weighted by atomic mass is 19.1. The SMILES string of the molecule is CC(=O)OCc1cc(O)c(C(O)c2ccc(OC(C)C)cc2)c(F)c1. The summed E-state index contributed by atoms with van der Waals surface area (Å²) in [6, 6.07) is 8.94. The van der Waals surface area contributed by atoms with E-state index in [-0.39, 0.29) is 18.3 Å². The summed E-state index contributed by atoms with van der Waals surface area (Å²) in [5, 5.41) is 20.5. The van der Waals surface area contributed by atoms with Crippen molar-refractivity contribution in [3.63, 3.8) is 0 Å². The number of aliphatic hydroxyl groups excluding tert-OH is 1. The van der Waals surface area contributed by atoms with E-state index < -0.39 is 23.6 Å². The Kier molecular flexibility index (Phi) is 5.98. The lowest BCUT2D eigenvalue weighted by atomic mass is 9.98. The van der Waals surface area contributed by atoms with Crippen molar-refractivity contribution in [3.05, 3.63) is 58.9 Å². The first-order valence-electron chi connectivity index (χ1n) is 7.87. The first kappa shape index (κ1) is 18.7. The number of esters is 1. The molecule has 0 spiro atoms. The highest BCUT2D eigenvalue weighted by Gasteiger charge is 2.21. The number of rotatable bonds is 6. The molecule has 1 unspecified atom stereocenters. The maximum Gasteiger partial charge on any atom is 0.302 e. The smallest absolute Gasteiger partial charge is 0.302 e. The van der Waals surface area contributed by atoms with E-state index >= 15 is 0 Å². The molecule has 0 fully saturated rings. The number of hydrogen-bond donors (Lipinski definition) is 2. The van der Waals surface area contributed by atoms with Crippen molar-refractivity contribution in [3.8, 4) is 11.5 Å². The molecule has 0 saturated carbocycles. The molecule has 0 aliphatic carbocycles. The third kappa shape index (κ3) is 4.93. The first-order valence-corrected chi connectivity index (χ1v) is 7.87. The number of ether oxygens (including phenoxy) is 2. The summed E-state index contributed by atoms with van der Waals surface area (Å²) in [5.41, 5.74) is 0.476. The van der Waals surface area contributed by atoms with Crippen LogP contribution < -0.4 is 4.74 Å². The van der Waals surface area contributed by atoms with Crippen molar-refractivity contribution in [1.29, 1.82) is 0 Å². The summed E-state index contributed by atoms with van der Waals surface area (Å²) in [6.07, 6.45) is -1.32. The number of carbonyl (C=O) groups is 1. The van der Waals surface area contributed by atoms with Crippen LogP contribution in [0.4, 0.5) is 4.39 Å². The van der Waals surface area contributed by atoms with Crippen molar-refractivity contribution in [2.24, 2.45) is 0 Å². The Hall–Kier alpha value is -2.60. The number of halogens is 1. The van der Waals surface area contributed by atoms with Crippen LogP contribution in [-0.4, -0.2) is 22.3 Å². The highest BCUT2D eigenvalue weighted by Crippen LogP contribution is 2.33. The molecular formula is C19H21FO5. The molecular weight excluding hydrogens is 327 g/mol. The summed E-state index contributed by atoms with van der Waals surface area (Å²) in [6.45, 7) is 4.87. The molecule has 0 radical (unpaired) electrons. The van der Waals surface area contributed by atoms with Gasteiger partial charge in [0, 0.05) is 6.92 Å². The minimum Gasteiger partial charge on any atom is -0.507 e. The van der Waals surface area contributed by atoms with Gasteiger partial charge < -0.3 is 19.7 Å². The van der Waals surface area contributed by atoms with Crippen LogP contribution in [0.5, 0.6) is 11.5 Å². The Morgan fingerprint density at radius 1 is 1.20 bits per heavy atom. The van der Waals surface area contributed by atoms with Crippen LogP contribution in [-0.2, 0) is 16.1 Å². The molecule has 6 heteroatoms. The predicted molar refractivity (Wildman–Crippen MR) is 89.8 cm³/mol. The molecule has 0 aromatic heterocycles. The average Bonchev–Trinajstić information content (AvgIpc) is 2.52. The average molecular weight is 348 g/mol. The maximum absolute atomic E-state index is 14.3. The van der Waals surface area contributed by atoms with Crippen molar-refractivity contribution in [1.82, 2.24) is 0 Å². The van der Waals surface area contributed by atoms with Gasteiger partial charge in [0.1, 0.15) is 30.0 Å². The van der Waals surface area contributed by atoms with Crippen molar-refractivity contribution < 1.29 is 28.9 Å². The summed E-state index contributed by atoms with van der Waals surface area (Å²) < 4.78 is 24.6. The van der Waals surface area contributed by atoms with Crippen LogP contribution >= 0.6 is 0 Å². The molecule has 2 aromatic carbocycles. The lowest BCUT2D eigenvalue weighted by Crippen LogP contribution is -2.07. The Morgan fingerprint density at radius 2 is 1.84 bits per heavy atom. The van der Waals surface area contributed by atoms with Gasteiger partial charge in [0.25, 0.3) is 0 Å². The van der Waals surface area contributed by atoms with Gasteiger partial charge in [0.2, 0.25) is 0 Å². The zero-order chi connectivity index (χ0) is 18.6. The Bertz CT molecular complexity index is 717. The van der Waals surface area contributed by atoms with E-state index in [2.05, 4.69) is 0 Å². The standard InChI is InChI=1S/C19H21FO5/c1-11(2)25-15-6-4-14(5-7-15)19(23)18-16(20)8-13(9-17(18)22)10-24-12(3)21/h4-9,11,19,22-23H,10H2,1-3H3. The van der Waals surface area contributed by atoms with Gasteiger partial charge in [0.05, 0.1) is 11.7 Å². The number of phenols is 1. The zero-order valence-corrected chi connectivity index (χ0v) is 14.3. The largest absolute Gasteiger partial charge is 0.507 e. The molecule has 134 valence electrons. The fourth-order valence-corrected chi connectivity index (χ4v) is 2.36. The van der Waals surface area contributed by atoms with Crippen molar-refractivity contribution in [2.45, 2.75) is 39.6 Å². The van der Waals surface area contributed by atoms with Gasteiger partial charge in [-0.15, -0.1) is 0 Å². The molecule has 25 heavy (non-hydrogen) atoms. The number of benzene rings is 2. The molecule has 0 aliphatic rings. The fourth-order valence-electron chi connectivity index (χ4n) is 2.36. The number of phenolic OH excluding ortho intramolecular Hbond substituents is 1. The first-order chi connectivity index (χ1) is 11.8. The summed E-state index contributed by atoms with van der Waals surface area (Å²) >= 11 is 0. The molecule has 2 aromatic rings. The third-order valence-electron chi connectivity index (χ3n) is 3.45. The van der Waals surface area contributed by atoms with Gasteiger partial charge in [0.15, 0.2) is 0 Å². The lowest BCUT2D eigenvalue weighted by Gasteiger charge is -2.16. The van der Waals surface area contributed by atoms with E-state index in [0.717, 1.165) is 6.07 Å². The van der Waals surface area contributed by atoms with Gasteiger partial charge in [-0.1, -0.05) is 12.1 Å². The van der Waals surface area contributed by atoms with Crippen LogP contribution in [0.25, 0.3) is 0 Å². The summed E-state index contributed by atoms with van der Waals surface area (Å²) in [5.74, 6) is -1.06. The van der Waals surface area contributed by atoms with E-state index in [4.69, 9.17) is 9.47 Å². The van der Waals surface area contributed by atoms with Gasteiger partial charge >= 0.3 is 5.97 Å². The monoisotopic (exact) mass is 348 g/mol. The maximum atomic E-state index is 14.3. The van der Waals surface area contributed by atoms with Gasteiger partial charge in [-0.3, -0.25) is 4.79 Å². The Labute approximate surface area is 145 Å². The second kappa shape index (κ2) is 7.98. The molecule has 0 saturated heterocycles. The quantitative estimate of drug-likeness (QED) is 0.782. The van der Waals surface area contributed by atoms with E-state index in [1.165, 1.54) is 13.0 Å². The zero-order valence-electron chi connectivity index (χ0n) is 14.3. The molecule has 2 N–H and O–H groups in total. The normalized spacial score (nSPS) is 12.1. The lowest BCUT2D eigenvalue weighted by molar-refractivity contribution is -0.142. The predicted octanol–water partition coefficient (Wildman–Crippen LogP) is 3.46. The minimum absolute atomic E-state index is 0.0158. The minimum atomic E-state index is -1.34. The van der Waals surface area contributed by atoms with Crippen LogP contribution in [0.1, 0.15) is 43.6 Å². The van der Waals surface area contributed by atoms with E-state index in [1.807, 2.05) is 13.8 Å². The number of aromatic hydroxyl groups is 1. The van der Waals surface area contributed by atoms with Gasteiger partial charge in [-0.2, -0.15) is 0 Å². The molecule has 5 nitrogen and oxygen atoms in total. The topological polar surface area (TPSA) is 76.0 Å². The Balaban J connectivity index is 2.23. The van der Waals surface area contributed by atoms with Crippen LogP contribution in [0.15, 0.2) is 36.4 Å². The highest BCUT2D eigenvalue weighted by molar-refractivity contribution is 5.66. The second-order valence-corrected chi connectivity index (χ2v) is 5.93. The summed E-state index contributed by atoms with van der Waals surface area (Å²) in [7, 11) is 0. The molecule has 0 aliphatic heterocycles. The van der Waals surface area contributed by atoms with E-state index in [1.54, 1.807) is 24.3 Å². The van der Waals surface area contributed by atoms with E-state index in [9.17, 15) is 19.4 Å². The van der Waals surface area contributed by atoms with Crippen LogP contribution in [0.3, 0.4) is 0 Å². The van der Waals surface area contributed by atoms with Gasteiger partial charge in [-0.05, 0) is 49.2 Å². The number of hydrogen-bond acceptors (Lipinski definition) is 5. The van der Waals surface area contributed by atoms with Gasteiger partial charge in [-0.25, -0.2) is 4.39 Å². The van der Waals surface area contributed by atoms with E-state index in [0.29, 0.717) is 16.9 Å². The second-order valence-electron chi connectivity index (χ2n) is 5.93. The fraction of sp³-hybridized carbons (Fsp3) is 0.316. The number of aliphatic hydroxyl groups is 1. The summed E-state index contributed by atoms with van der Waals surface area (Å²) in [4.78, 5) is 10.8. The van der Waals surface area contributed by atoms with Crippen molar-refractivity contribution in [2.75, 3.05) is 0 Å².